The number of ketones is 1. The number of fused-ring (bicyclic) bond motifs is 1. The highest BCUT2D eigenvalue weighted by Crippen LogP contribution is 2.34. The normalized spacial score (nSPS) is 10.6. The molecule has 4 heteroatoms. The molecule has 0 unspecified atom stereocenters. The van der Waals surface area contributed by atoms with Crippen LogP contribution < -0.4 is 9.47 Å². The molecule has 106 valence electrons. The maximum atomic E-state index is 12.9. The van der Waals surface area contributed by atoms with Gasteiger partial charge in [-0.05, 0) is 18.2 Å². The summed E-state index contributed by atoms with van der Waals surface area (Å²) >= 11 is 1.56. The highest BCUT2D eigenvalue weighted by molar-refractivity contribution is 7.17. The van der Waals surface area contributed by atoms with Crippen molar-refractivity contribution in [1.82, 2.24) is 0 Å². The van der Waals surface area contributed by atoms with Gasteiger partial charge in [-0.1, -0.05) is 24.3 Å². The van der Waals surface area contributed by atoms with Gasteiger partial charge < -0.3 is 9.47 Å². The highest BCUT2D eigenvalue weighted by atomic mass is 32.1. The number of hydrogen-bond acceptors (Lipinski definition) is 4. The van der Waals surface area contributed by atoms with Crippen LogP contribution in [0.25, 0.3) is 10.1 Å². The molecule has 3 nitrogen and oxygen atoms in total. The van der Waals surface area contributed by atoms with Gasteiger partial charge in [0.1, 0.15) is 17.1 Å². The van der Waals surface area contributed by atoms with Crippen LogP contribution in [0.1, 0.15) is 15.9 Å². The quantitative estimate of drug-likeness (QED) is 0.679. The minimum atomic E-state index is -0.0817. The van der Waals surface area contributed by atoms with E-state index in [1.165, 1.54) is 0 Å². The third kappa shape index (κ3) is 2.28. The van der Waals surface area contributed by atoms with Gasteiger partial charge in [-0.15, -0.1) is 11.3 Å². The van der Waals surface area contributed by atoms with E-state index in [0.717, 1.165) is 10.1 Å². The van der Waals surface area contributed by atoms with Gasteiger partial charge in [0.05, 0.1) is 14.2 Å². The van der Waals surface area contributed by atoms with Crippen LogP contribution in [0.4, 0.5) is 0 Å². The molecule has 1 heterocycles. The molecule has 0 aliphatic carbocycles. The van der Waals surface area contributed by atoms with Gasteiger partial charge in [0.2, 0.25) is 5.78 Å². The maximum absolute atomic E-state index is 12.9. The minimum absolute atomic E-state index is 0.0817. The van der Waals surface area contributed by atoms with Crippen LogP contribution in [0.2, 0.25) is 0 Å². The second-order valence-corrected chi connectivity index (χ2v) is 5.42. The molecule has 0 aliphatic rings. The number of rotatable bonds is 4. The summed E-state index contributed by atoms with van der Waals surface area (Å²) in [5, 5.41) is 2.85. The summed E-state index contributed by atoms with van der Waals surface area (Å²) in [7, 11) is 3.11. The summed E-state index contributed by atoms with van der Waals surface area (Å²) in [5.41, 5.74) is 1.14. The molecule has 21 heavy (non-hydrogen) atoms. The fourth-order valence-corrected chi connectivity index (χ4v) is 3.30. The predicted molar refractivity (Wildman–Crippen MR) is 84.8 cm³/mol. The highest BCUT2D eigenvalue weighted by Gasteiger charge is 2.22. The summed E-state index contributed by atoms with van der Waals surface area (Å²) in [6, 6.07) is 13.2. The number of methoxy groups -OCH3 is 2. The third-order valence-electron chi connectivity index (χ3n) is 3.38. The second-order valence-electron chi connectivity index (χ2n) is 4.51. The Hall–Kier alpha value is -2.33. The molecule has 3 rings (SSSR count). The van der Waals surface area contributed by atoms with Gasteiger partial charge >= 0.3 is 0 Å². The Kier molecular flexibility index (Phi) is 3.62. The van der Waals surface area contributed by atoms with E-state index in [9.17, 15) is 4.79 Å². The molecule has 3 aromatic rings. The van der Waals surface area contributed by atoms with Crippen LogP contribution >= 0.6 is 11.3 Å². The van der Waals surface area contributed by atoms with Crippen molar-refractivity contribution in [2.75, 3.05) is 14.2 Å². The van der Waals surface area contributed by atoms with Crippen LogP contribution in [0.15, 0.2) is 47.8 Å². The third-order valence-corrected chi connectivity index (χ3v) is 4.34. The molecule has 0 saturated carbocycles. The molecular formula is C17H14O3S. The molecule has 0 bridgehead atoms. The maximum Gasteiger partial charge on any atom is 0.201 e. The van der Waals surface area contributed by atoms with E-state index in [1.807, 2.05) is 29.6 Å². The van der Waals surface area contributed by atoms with Crippen molar-refractivity contribution in [2.45, 2.75) is 0 Å². The van der Waals surface area contributed by atoms with Gasteiger partial charge in [0.15, 0.2) is 0 Å². The van der Waals surface area contributed by atoms with Gasteiger partial charge in [-0.3, -0.25) is 4.79 Å². The summed E-state index contributed by atoms with van der Waals surface area (Å²) in [5.74, 6) is 0.964. The number of hydrogen-bond donors (Lipinski definition) is 0. The van der Waals surface area contributed by atoms with E-state index < -0.39 is 0 Å². The summed E-state index contributed by atoms with van der Waals surface area (Å²) in [6.07, 6.45) is 0. The lowest BCUT2D eigenvalue weighted by Crippen LogP contribution is -2.06. The van der Waals surface area contributed by atoms with Gasteiger partial charge in [-0.25, -0.2) is 0 Å². The van der Waals surface area contributed by atoms with Crippen molar-refractivity contribution in [1.29, 1.82) is 0 Å². The lowest BCUT2D eigenvalue weighted by Gasteiger charge is -2.11. The molecule has 0 aliphatic heterocycles. The largest absolute Gasteiger partial charge is 0.496 e. The Morgan fingerprint density at radius 2 is 1.62 bits per heavy atom. The Morgan fingerprint density at radius 3 is 2.29 bits per heavy atom. The van der Waals surface area contributed by atoms with E-state index in [0.29, 0.717) is 22.6 Å². The van der Waals surface area contributed by atoms with Crippen molar-refractivity contribution in [2.24, 2.45) is 0 Å². The first kappa shape index (κ1) is 13.6. The average molecular weight is 298 g/mol. The van der Waals surface area contributed by atoms with E-state index in [4.69, 9.17) is 9.47 Å². The minimum Gasteiger partial charge on any atom is -0.496 e. The number of benzene rings is 2. The molecule has 0 N–H and O–H groups in total. The van der Waals surface area contributed by atoms with Crippen LogP contribution in [0.3, 0.4) is 0 Å². The van der Waals surface area contributed by atoms with Crippen molar-refractivity contribution in [3.8, 4) is 11.5 Å². The lowest BCUT2D eigenvalue weighted by molar-refractivity contribution is 0.103. The zero-order valence-electron chi connectivity index (χ0n) is 11.8. The van der Waals surface area contributed by atoms with Crippen molar-refractivity contribution in [3.05, 3.63) is 59.0 Å². The van der Waals surface area contributed by atoms with Gasteiger partial charge in [0.25, 0.3) is 0 Å². The fraction of sp³-hybridized carbons (Fsp3) is 0.118. The SMILES string of the molecule is COc1cccc(OC)c1C(=O)c1csc2ccccc12. The molecular weight excluding hydrogens is 284 g/mol. The van der Waals surface area contributed by atoms with Crippen LogP contribution in [0.5, 0.6) is 11.5 Å². The average Bonchev–Trinajstić information content (AvgIpc) is 2.97. The first-order valence-electron chi connectivity index (χ1n) is 6.48. The number of carbonyl (C=O) groups excluding carboxylic acids is 1. The lowest BCUT2D eigenvalue weighted by atomic mass is 10.0. The number of carbonyl (C=O) groups is 1. The van der Waals surface area contributed by atoms with Crippen molar-refractivity contribution < 1.29 is 14.3 Å². The standard InChI is InChI=1S/C17H14O3S/c1-19-13-7-5-8-14(20-2)16(13)17(18)12-10-21-15-9-4-3-6-11(12)15/h3-10H,1-2H3. The first-order chi connectivity index (χ1) is 10.3. The summed E-state index contributed by atoms with van der Waals surface area (Å²) in [6.45, 7) is 0. The Labute approximate surface area is 126 Å². The fourth-order valence-electron chi connectivity index (χ4n) is 2.36. The Bertz CT molecular complexity index is 782. The smallest absolute Gasteiger partial charge is 0.201 e. The van der Waals surface area contributed by atoms with Crippen molar-refractivity contribution in [3.63, 3.8) is 0 Å². The first-order valence-corrected chi connectivity index (χ1v) is 7.36. The van der Waals surface area contributed by atoms with E-state index in [1.54, 1.807) is 43.8 Å². The van der Waals surface area contributed by atoms with Crippen LogP contribution in [-0.2, 0) is 0 Å². The van der Waals surface area contributed by atoms with Gasteiger partial charge in [0, 0.05) is 21.0 Å². The van der Waals surface area contributed by atoms with Gasteiger partial charge in [-0.2, -0.15) is 0 Å². The molecule has 1 aromatic heterocycles. The summed E-state index contributed by atoms with van der Waals surface area (Å²) < 4.78 is 11.7. The molecule has 0 radical (unpaired) electrons. The van der Waals surface area contributed by atoms with Crippen LogP contribution in [0, 0.1) is 0 Å². The van der Waals surface area contributed by atoms with E-state index >= 15 is 0 Å². The molecule has 0 saturated heterocycles. The zero-order chi connectivity index (χ0) is 14.8. The molecule has 0 atom stereocenters. The zero-order valence-corrected chi connectivity index (χ0v) is 12.6. The Balaban J connectivity index is 2.19. The monoisotopic (exact) mass is 298 g/mol. The second kappa shape index (κ2) is 5.58. The topological polar surface area (TPSA) is 35.5 Å². The van der Waals surface area contributed by atoms with E-state index in [-0.39, 0.29) is 5.78 Å². The molecule has 0 amide bonds. The molecule has 0 spiro atoms. The summed E-state index contributed by atoms with van der Waals surface area (Å²) in [4.78, 5) is 12.9. The van der Waals surface area contributed by atoms with E-state index in [2.05, 4.69) is 0 Å². The number of ether oxygens (including phenoxy) is 2. The van der Waals surface area contributed by atoms with Crippen LogP contribution in [-0.4, -0.2) is 20.0 Å². The molecule has 0 fully saturated rings. The Morgan fingerprint density at radius 1 is 0.952 bits per heavy atom. The van der Waals surface area contributed by atoms with Crippen molar-refractivity contribution >= 4 is 27.2 Å². The number of thiophene rings is 1. The molecule has 2 aromatic carbocycles. The predicted octanol–water partition coefficient (Wildman–Crippen LogP) is 4.15.